The van der Waals surface area contributed by atoms with Crippen LogP contribution in [0, 0.1) is 5.92 Å². The number of hydrogen-bond acceptors (Lipinski definition) is 4. The Morgan fingerprint density at radius 3 is 2.89 bits per heavy atom. The summed E-state index contributed by atoms with van der Waals surface area (Å²) in [6.07, 6.45) is 1.89. The maximum Gasteiger partial charge on any atom is 0.340 e. The Labute approximate surface area is 115 Å². The van der Waals surface area contributed by atoms with Crippen LogP contribution in [0.5, 0.6) is 0 Å². The Hall–Kier alpha value is -1.07. The highest BCUT2D eigenvalue weighted by Crippen LogP contribution is 2.24. The Morgan fingerprint density at radius 1 is 1.44 bits per heavy atom. The van der Waals surface area contributed by atoms with Crippen LogP contribution in [-0.4, -0.2) is 25.8 Å². The first-order valence-electron chi connectivity index (χ1n) is 5.97. The summed E-state index contributed by atoms with van der Waals surface area (Å²) in [5.74, 6) is 0.0383. The fourth-order valence-corrected chi connectivity index (χ4v) is 2.27. The van der Waals surface area contributed by atoms with Crippen molar-refractivity contribution in [3.05, 3.63) is 28.2 Å². The lowest BCUT2D eigenvalue weighted by Gasteiger charge is -2.21. The highest BCUT2D eigenvalue weighted by Gasteiger charge is 2.18. The molecule has 1 saturated heterocycles. The average Bonchev–Trinajstić information content (AvgIpc) is 2.40. The molecule has 1 heterocycles. The lowest BCUT2D eigenvalue weighted by molar-refractivity contribution is 0.0186. The third-order valence-corrected chi connectivity index (χ3v) is 3.76. The molecule has 0 atom stereocenters. The zero-order valence-corrected chi connectivity index (χ0v) is 11.6. The van der Waals surface area contributed by atoms with E-state index in [1.807, 2.05) is 0 Å². The summed E-state index contributed by atoms with van der Waals surface area (Å²) in [5.41, 5.74) is 6.66. The fraction of sp³-hybridized carbons (Fsp3) is 0.462. The molecule has 1 aliphatic heterocycles. The molecule has 0 radical (unpaired) electrons. The minimum Gasteiger partial charge on any atom is -0.462 e. The van der Waals surface area contributed by atoms with Crippen molar-refractivity contribution < 1.29 is 14.3 Å². The predicted octanol–water partition coefficient (Wildman–Crippen LogP) is 2.61. The summed E-state index contributed by atoms with van der Waals surface area (Å²) in [6, 6.07) is 5.24. The van der Waals surface area contributed by atoms with Gasteiger partial charge in [-0.05, 0) is 46.8 Å². The van der Waals surface area contributed by atoms with Crippen LogP contribution in [0.25, 0.3) is 0 Å². The van der Waals surface area contributed by atoms with Gasteiger partial charge in [-0.25, -0.2) is 4.79 Å². The van der Waals surface area contributed by atoms with Crippen LogP contribution < -0.4 is 5.73 Å². The Morgan fingerprint density at radius 2 is 2.17 bits per heavy atom. The number of benzene rings is 1. The molecule has 0 aromatic heterocycles. The zero-order chi connectivity index (χ0) is 13.0. The molecule has 0 saturated carbocycles. The Bertz CT molecular complexity index is 430. The predicted molar refractivity (Wildman–Crippen MR) is 72.4 cm³/mol. The van der Waals surface area contributed by atoms with E-state index in [1.165, 1.54) is 0 Å². The molecule has 2 rings (SSSR count). The molecule has 0 bridgehead atoms. The Balaban J connectivity index is 1.93. The topological polar surface area (TPSA) is 61.6 Å². The lowest BCUT2D eigenvalue weighted by atomic mass is 10.0. The molecule has 0 aliphatic carbocycles. The number of esters is 1. The van der Waals surface area contributed by atoms with Crippen LogP contribution in [0.15, 0.2) is 22.7 Å². The molecule has 0 amide bonds. The second kappa shape index (κ2) is 6.20. The first kappa shape index (κ1) is 13.4. The van der Waals surface area contributed by atoms with E-state index in [0.29, 0.717) is 28.2 Å². The van der Waals surface area contributed by atoms with Gasteiger partial charge < -0.3 is 15.2 Å². The van der Waals surface area contributed by atoms with Gasteiger partial charge in [-0.3, -0.25) is 0 Å². The highest BCUT2D eigenvalue weighted by molar-refractivity contribution is 9.10. The first-order valence-corrected chi connectivity index (χ1v) is 6.76. The van der Waals surface area contributed by atoms with Gasteiger partial charge in [0.05, 0.1) is 17.9 Å². The van der Waals surface area contributed by atoms with Crippen LogP contribution in [0.4, 0.5) is 5.69 Å². The number of ether oxygens (including phenoxy) is 2. The fourth-order valence-electron chi connectivity index (χ4n) is 1.90. The lowest BCUT2D eigenvalue weighted by Crippen LogP contribution is -2.22. The summed E-state index contributed by atoms with van der Waals surface area (Å²) in [7, 11) is 0. The maximum absolute atomic E-state index is 11.9. The zero-order valence-electron chi connectivity index (χ0n) is 10.0. The average molecular weight is 314 g/mol. The number of halogens is 1. The second-order valence-corrected chi connectivity index (χ2v) is 5.21. The molecule has 0 spiro atoms. The van der Waals surface area contributed by atoms with E-state index in [1.54, 1.807) is 18.2 Å². The molecule has 1 aliphatic rings. The van der Waals surface area contributed by atoms with Gasteiger partial charge in [0.15, 0.2) is 0 Å². The van der Waals surface area contributed by atoms with Crippen LogP contribution in [0.2, 0.25) is 0 Å². The van der Waals surface area contributed by atoms with Crippen LogP contribution >= 0.6 is 15.9 Å². The van der Waals surface area contributed by atoms with Crippen LogP contribution in [0.3, 0.4) is 0 Å². The summed E-state index contributed by atoms with van der Waals surface area (Å²) in [6.45, 7) is 1.94. The number of nitrogen functional groups attached to an aromatic ring is 1. The normalized spacial score (nSPS) is 16.5. The van der Waals surface area contributed by atoms with E-state index in [9.17, 15) is 4.79 Å². The van der Waals surface area contributed by atoms with Gasteiger partial charge in [-0.2, -0.15) is 0 Å². The summed E-state index contributed by atoms with van der Waals surface area (Å²) < 4.78 is 11.3. The molecule has 1 aromatic carbocycles. The first-order chi connectivity index (χ1) is 8.68. The van der Waals surface area contributed by atoms with Crippen molar-refractivity contribution >= 4 is 27.6 Å². The molecule has 5 heteroatoms. The third kappa shape index (κ3) is 3.23. The van der Waals surface area contributed by atoms with Gasteiger partial charge in [0.25, 0.3) is 0 Å². The molecule has 2 N–H and O–H groups in total. The van der Waals surface area contributed by atoms with E-state index >= 15 is 0 Å². The summed E-state index contributed by atoms with van der Waals surface area (Å²) >= 11 is 3.29. The van der Waals surface area contributed by atoms with Crippen molar-refractivity contribution in [3.8, 4) is 0 Å². The number of carbonyl (C=O) groups excluding carboxylic acids is 1. The molecule has 18 heavy (non-hydrogen) atoms. The number of nitrogens with two attached hydrogens (primary N) is 1. The minimum absolute atomic E-state index is 0.361. The van der Waals surface area contributed by atoms with Gasteiger partial charge in [0.2, 0.25) is 0 Å². The molecule has 0 unspecified atom stereocenters. The van der Waals surface area contributed by atoms with Crippen molar-refractivity contribution in [1.82, 2.24) is 0 Å². The van der Waals surface area contributed by atoms with E-state index in [-0.39, 0.29) is 5.97 Å². The monoisotopic (exact) mass is 313 g/mol. The molecule has 98 valence electrons. The largest absolute Gasteiger partial charge is 0.462 e. The molecule has 4 nitrogen and oxygen atoms in total. The van der Waals surface area contributed by atoms with E-state index < -0.39 is 0 Å². The highest BCUT2D eigenvalue weighted by atomic mass is 79.9. The molecule has 1 aromatic rings. The SMILES string of the molecule is Nc1c(Br)cccc1C(=O)OCC1CCOCC1. The van der Waals surface area contributed by atoms with Gasteiger partial charge >= 0.3 is 5.97 Å². The van der Waals surface area contributed by atoms with Gasteiger partial charge in [0, 0.05) is 17.7 Å². The van der Waals surface area contributed by atoms with Crippen molar-refractivity contribution in [3.63, 3.8) is 0 Å². The van der Waals surface area contributed by atoms with E-state index in [2.05, 4.69) is 15.9 Å². The van der Waals surface area contributed by atoms with Crippen molar-refractivity contribution in [2.45, 2.75) is 12.8 Å². The van der Waals surface area contributed by atoms with Gasteiger partial charge in [-0.15, -0.1) is 0 Å². The van der Waals surface area contributed by atoms with E-state index in [0.717, 1.165) is 26.1 Å². The number of carbonyl (C=O) groups is 1. The molecular weight excluding hydrogens is 298 g/mol. The number of rotatable bonds is 3. The molecule has 1 fully saturated rings. The number of anilines is 1. The van der Waals surface area contributed by atoms with Crippen LogP contribution in [-0.2, 0) is 9.47 Å². The second-order valence-electron chi connectivity index (χ2n) is 4.36. The van der Waals surface area contributed by atoms with Gasteiger partial charge in [0.1, 0.15) is 0 Å². The third-order valence-electron chi connectivity index (χ3n) is 3.06. The Kier molecular flexibility index (Phi) is 4.60. The van der Waals surface area contributed by atoms with Crippen molar-refractivity contribution in [2.75, 3.05) is 25.6 Å². The smallest absolute Gasteiger partial charge is 0.340 e. The summed E-state index contributed by atoms with van der Waals surface area (Å²) in [4.78, 5) is 11.9. The van der Waals surface area contributed by atoms with E-state index in [4.69, 9.17) is 15.2 Å². The quantitative estimate of drug-likeness (QED) is 0.688. The van der Waals surface area contributed by atoms with Gasteiger partial charge in [-0.1, -0.05) is 6.07 Å². The molecular formula is C13H16BrNO3. The summed E-state index contributed by atoms with van der Waals surface area (Å²) in [5, 5.41) is 0. The van der Waals surface area contributed by atoms with Crippen molar-refractivity contribution in [2.24, 2.45) is 5.92 Å². The van der Waals surface area contributed by atoms with Crippen LogP contribution in [0.1, 0.15) is 23.2 Å². The van der Waals surface area contributed by atoms with Crippen molar-refractivity contribution in [1.29, 1.82) is 0 Å². The maximum atomic E-state index is 11.9. The standard InChI is InChI=1S/C13H16BrNO3/c14-11-3-1-2-10(12(11)15)13(16)18-8-9-4-6-17-7-5-9/h1-3,9H,4-8,15H2. The number of hydrogen-bond donors (Lipinski definition) is 1. The number of para-hydroxylation sites is 1. The minimum atomic E-state index is -0.361.